The summed E-state index contributed by atoms with van der Waals surface area (Å²) in [6, 6.07) is 2.00. The number of nitrogens with one attached hydrogen (secondary N) is 2. The third-order valence-corrected chi connectivity index (χ3v) is 11.5. The first-order valence-corrected chi connectivity index (χ1v) is 23.9. The highest BCUT2D eigenvalue weighted by Crippen LogP contribution is 2.29. The van der Waals surface area contributed by atoms with Gasteiger partial charge < -0.3 is 40.5 Å². The summed E-state index contributed by atoms with van der Waals surface area (Å²) < 4.78 is 52.2. The van der Waals surface area contributed by atoms with Crippen LogP contribution in [0.1, 0.15) is 148 Å². The molecular formula is C42H71N5O14S. The summed E-state index contributed by atoms with van der Waals surface area (Å²) in [6.45, 7) is 1.72. The monoisotopic (exact) mass is 901 g/mol. The number of aliphatic hydroxyl groups is 4. The average molecular weight is 902 g/mol. The fourth-order valence-corrected chi connectivity index (χ4v) is 7.97. The second-order valence-electron chi connectivity index (χ2n) is 16.2. The predicted molar refractivity (Wildman–Crippen MR) is 231 cm³/mol. The van der Waals surface area contributed by atoms with Gasteiger partial charge in [0.1, 0.15) is 24.4 Å². The lowest BCUT2D eigenvalue weighted by Crippen LogP contribution is -2.61. The molecule has 1 amide bonds. The number of hydrogen-bond donors (Lipinski definition) is 7. The highest BCUT2D eigenvalue weighted by Gasteiger charge is 2.48. The van der Waals surface area contributed by atoms with Crippen molar-refractivity contribution in [3.8, 4) is 0 Å². The summed E-state index contributed by atoms with van der Waals surface area (Å²) in [4.78, 5) is 23.7. The van der Waals surface area contributed by atoms with Crippen LogP contribution in [0.5, 0.6) is 0 Å². The molecule has 1 aromatic carbocycles. The number of amides is 1. The summed E-state index contributed by atoms with van der Waals surface area (Å²) in [7, 11) is -5.11. The molecule has 20 heteroatoms. The number of aliphatic hydroxyl groups excluding tert-OH is 4. The standard InChI is InChI=1S/C42H71N5O14S/c1-2-3-4-5-6-7-8-9-10-12-15-18-21-24-34(49)32(30-58-42-40(52)41(60-62(55,56)57)39(51)35(29-48)59-42)44-36(50)25-22-19-16-13-11-14-17-20-23-28-43-31-26-27-33(47(53)54)38-37(31)45-61-46-38/h21,24,26-27,32,34-35,39-43,48-49,51-52H,2-20,22-23,25,28-30H2,1H3,(H,44,50)(H,55,56,57). The molecule has 2 heterocycles. The zero-order valence-electron chi connectivity index (χ0n) is 36.2. The van der Waals surface area contributed by atoms with Crippen LogP contribution in [0.2, 0.25) is 0 Å². The lowest BCUT2D eigenvalue weighted by molar-refractivity contribution is -0.383. The van der Waals surface area contributed by atoms with Crippen molar-refractivity contribution in [3.63, 3.8) is 0 Å². The van der Waals surface area contributed by atoms with E-state index in [1.54, 1.807) is 12.1 Å². The number of fused-ring (bicyclic) bond motifs is 1. The normalized spacial score (nSPS) is 20.5. The molecule has 1 aliphatic heterocycles. The Morgan fingerprint density at radius 2 is 1.47 bits per heavy atom. The van der Waals surface area contributed by atoms with E-state index in [2.05, 4.69) is 32.1 Å². The Kier molecular flexibility index (Phi) is 25.6. The average Bonchev–Trinajstić information content (AvgIpc) is 3.73. The maximum atomic E-state index is 13.0. The molecule has 7 unspecified atom stereocenters. The smallest absolute Gasteiger partial charge is 0.394 e. The van der Waals surface area contributed by atoms with Gasteiger partial charge in [0.2, 0.25) is 11.4 Å². The fourth-order valence-electron chi connectivity index (χ4n) is 7.46. The first-order chi connectivity index (χ1) is 29.9. The number of nitrogens with zero attached hydrogens (tertiary/aromatic N) is 3. The second kappa shape index (κ2) is 29.9. The van der Waals surface area contributed by atoms with Crippen LogP contribution in [0.25, 0.3) is 11.0 Å². The molecule has 3 rings (SSSR count). The number of aromatic nitrogens is 2. The number of non-ortho nitro benzene ring substituents is 1. The van der Waals surface area contributed by atoms with E-state index in [-0.39, 0.29) is 30.1 Å². The van der Waals surface area contributed by atoms with E-state index < -0.39 is 64.8 Å². The molecule has 0 saturated carbocycles. The number of nitro benzene ring substituents is 1. The summed E-state index contributed by atoms with van der Waals surface area (Å²) in [6.07, 6.45) is 16.4. The Morgan fingerprint density at radius 1 is 0.887 bits per heavy atom. The van der Waals surface area contributed by atoms with Gasteiger partial charge in [-0.15, -0.1) is 0 Å². The van der Waals surface area contributed by atoms with Crippen LogP contribution in [0.3, 0.4) is 0 Å². The highest BCUT2D eigenvalue weighted by molar-refractivity contribution is 7.80. The number of anilines is 1. The molecule has 0 bridgehead atoms. The molecule has 1 fully saturated rings. The topological polar surface area (TPSA) is 286 Å². The third-order valence-electron chi connectivity index (χ3n) is 11.0. The van der Waals surface area contributed by atoms with Gasteiger partial charge in [-0.25, -0.2) is 8.81 Å². The quantitative estimate of drug-likeness (QED) is 0.0133. The van der Waals surface area contributed by atoms with Gasteiger partial charge in [0.15, 0.2) is 11.8 Å². The lowest BCUT2D eigenvalue weighted by Gasteiger charge is -2.41. The van der Waals surface area contributed by atoms with Crippen LogP contribution in [0.4, 0.5) is 11.4 Å². The Bertz CT molecular complexity index is 1700. The van der Waals surface area contributed by atoms with Crippen molar-refractivity contribution in [2.24, 2.45) is 0 Å². The van der Waals surface area contributed by atoms with Crippen molar-refractivity contribution in [2.45, 2.75) is 191 Å². The van der Waals surface area contributed by atoms with Gasteiger partial charge in [0, 0.05) is 19.0 Å². The maximum Gasteiger partial charge on any atom is 0.397 e. The van der Waals surface area contributed by atoms with Gasteiger partial charge >= 0.3 is 16.1 Å². The number of rotatable bonds is 35. The van der Waals surface area contributed by atoms with Crippen LogP contribution >= 0.6 is 0 Å². The zero-order valence-corrected chi connectivity index (χ0v) is 37.0. The van der Waals surface area contributed by atoms with Gasteiger partial charge in [-0.1, -0.05) is 128 Å². The molecule has 0 aliphatic carbocycles. The predicted octanol–water partition coefficient (Wildman–Crippen LogP) is 6.19. The molecule has 1 saturated heterocycles. The number of allylic oxidation sites excluding steroid dienone is 1. The molecule has 0 spiro atoms. The SMILES string of the molecule is CCCCCCCCCCCCCC=CC(O)C(COC1OC(CO)C(O)C(OS(=O)(=O)O)C1O)NC(=O)CCCCCCCCCCCNc1ccc([N+](=O)[O-])c2nonc12. The van der Waals surface area contributed by atoms with Crippen molar-refractivity contribution in [3.05, 3.63) is 34.4 Å². The van der Waals surface area contributed by atoms with Crippen molar-refractivity contribution in [1.29, 1.82) is 0 Å². The molecule has 62 heavy (non-hydrogen) atoms. The van der Waals surface area contributed by atoms with E-state index in [9.17, 15) is 48.3 Å². The largest absolute Gasteiger partial charge is 0.397 e. The molecule has 0 radical (unpaired) electrons. The minimum absolute atomic E-state index is 0.114. The van der Waals surface area contributed by atoms with Gasteiger partial charge in [0.25, 0.3) is 0 Å². The molecule has 354 valence electrons. The molecule has 1 aromatic heterocycles. The van der Waals surface area contributed by atoms with E-state index in [4.69, 9.17) is 14.1 Å². The van der Waals surface area contributed by atoms with Gasteiger partial charge in [-0.2, -0.15) is 8.42 Å². The van der Waals surface area contributed by atoms with Crippen LogP contribution in [-0.4, -0.2) is 117 Å². The summed E-state index contributed by atoms with van der Waals surface area (Å²) in [5.74, 6) is -0.319. The van der Waals surface area contributed by atoms with Crippen molar-refractivity contribution in [2.75, 3.05) is 25.1 Å². The number of ether oxygens (including phenoxy) is 2. The Hall–Kier alpha value is -3.34. The summed E-state index contributed by atoms with van der Waals surface area (Å²) >= 11 is 0. The molecule has 19 nitrogen and oxygen atoms in total. The van der Waals surface area contributed by atoms with E-state index in [1.807, 2.05) is 6.08 Å². The number of carbonyl (C=O) groups is 1. The lowest BCUT2D eigenvalue weighted by atomic mass is 9.99. The highest BCUT2D eigenvalue weighted by atomic mass is 32.3. The molecular weight excluding hydrogens is 831 g/mol. The first kappa shape index (κ1) is 53.0. The molecule has 2 aromatic rings. The van der Waals surface area contributed by atoms with E-state index in [0.717, 1.165) is 77.0 Å². The molecule has 1 aliphatic rings. The Labute approximate surface area is 365 Å². The van der Waals surface area contributed by atoms with Gasteiger partial charge in [-0.05, 0) is 42.1 Å². The number of unbranched alkanes of at least 4 members (excludes halogenated alkanes) is 19. The van der Waals surface area contributed by atoms with Crippen LogP contribution in [0, 0.1) is 10.1 Å². The van der Waals surface area contributed by atoms with Crippen LogP contribution in [0.15, 0.2) is 28.9 Å². The van der Waals surface area contributed by atoms with Crippen molar-refractivity contribution < 1.29 is 61.4 Å². The zero-order chi connectivity index (χ0) is 45.2. The fraction of sp³-hybridized carbons (Fsp3) is 0.786. The van der Waals surface area contributed by atoms with Gasteiger partial charge in [-0.3, -0.25) is 19.5 Å². The summed E-state index contributed by atoms with van der Waals surface area (Å²) in [5, 5.41) is 66.5. The maximum absolute atomic E-state index is 13.0. The van der Waals surface area contributed by atoms with Crippen LogP contribution in [-0.2, 0) is 28.9 Å². The second-order valence-corrected chi connectivity index (χ2v) is 17.2. The van der Waals surface area contributed by atoms with E-state index >= 15 is 0 Å². The number of benzene rings is 1. The molecule has 7 N–H and O–H groups in total. The minimum atomic E-state index is -5.11. The summed E-state index contributed by atoms with van der Waals surface area (Å²) in [5.41, 5.74) is 0.929. The number of nitro groups is 1. The van der Waals surface area contributed by atoms with Crippen molar-refractivity contribution >= 4 is 38.7 Å². The Morgan fingerprint density at radius 3 is 2.06 bits per heavy atom. The van der Waals surface area contributed by atoms with E-state index in [0.29, 0.717) is 24.2 Å². The number of hydrogen-bond acceptors (Lipinski definition) is 16. The minimum Gasteiger partial charge on any atom is -0.394 e. The Balaban J connectivity index is 1.37. The van der Waals surface area contributed by atoms with Crippen LogP contribution < -0.4 is 10.6 Å². The first-order valence-electron chi connectivity index (χ1n) is 22.5. The molecule has 7 atom stereocenters. The van der Waals surface area contributed by atoms with Gasteiger partial charge in [0.05, 0.1) is 36.0 Å². The van der Waals surface area contributed by atoms with E-state index in [1.165, 1.54) is 57.4 Å². The van der Waals surface area contributed by atoms with Crippen molar-refractivity contribution in [1.82, 2.24) is 15.6 Å². The third kappa shape index (κ3) is 20.0. The number of carbonyl (C=O) groups excluding carboxylic acids is 1.